The van der Waals surface area contributed by atoms with Crippen LogP contribution in [0.3, 0.4) is 0 Å². The van der Waals surface area contributed by atoms with Crippen molar-refractivity contribution in [3.05, 3.63) is 0 Å². The van der Waals surface area contributed by atoms with Crippen LogP contribution in [-0.2, 0) is 19.2 Å². The molecular formula is C10H14N2Na2O7. The van der Waals surface area contributed by atoms with E-state index in [2.05, 4.69) is 0 Å². The van der Waals surface area contributed by atoms with Crippen LogP contribution in [0.2, 0.25) is 0 Å². The van der Waals surface area contributed by atoms with Gasteiger partial charge in [0.05, 0.1) is 18.1 Å². The van der Waals surface area contributed by atoms with E-state index in [1.165, 1.54) is 0 Å². The molecule has 0 aromatic rings. The average molecular weight is 320 g/mol. The van der Waals surface area contributed by atoms with Gasteiger partial charge < -0.3 is 36.0 Å². The molecule has 0 aromatic heterocycles. The molecule has 9 nitrogen and oxygen atoms in total. The SMILES string of the molecule is N[C@@H](CCC(=O)O)C(=O)N[C@@H](CCC(=O)[O-])C(=O)[O-].[Na+].[Na+]. The Labute approximate surface area is 165 Å². The zero-order valence-corrected chi connectivity index (χ0v) is 16.0. The van der Waals surface area contributed by atoms with E-state index in [0.29, 0.717) is 0 Å². The van der Waals surface area contributed by atoms with Gasteiger partial charge in [0.25, 0.3) is 0 Å². The topological polar surface area (TPSA) is 173 Å². The number of rotatable bonds is 9. The molecule has 0 aliphatic carbocycles. The Morgan fingerprint density at radius 3 is 1.95 bits per heavy atom. The molecule has 0 aliphatic rings. The molecule has 0 aromatic carbocycles. The van der Waals surface area contributed by atoms with Crippen molar-refractivity contribution in [2.45, 2.75) is 37.8 Å². The van der Waals surface area contributed by atoms with Crippen LogP contribution in [0.15, 0.2) is 0 Å². The Morgan fingerprint density at radius 2 is 1.57 bits per heavy atom. The third kappa shape index (κ3) is 13.2. The van der Waals surface area contributed by atoms with Gasteiger partial charge in [-0.1, -0.05) is 0 Å². The van der Waals surface area contributed by atoms with Crippen molar-refractivity contribution in [3.8, 4) is 0 Å². The van der Waals surface area contributed by atoms with Gasteiger partial charge in [0.2, 0.25) is 5.91 Å². The first-order valence-electron chi connectivity index (χ1n) is 5.42. The van der Waals surface area contributed by atoms with Crippen molar-refractivity contribution in [1.29, 1.82) is 0 Å². The Balaban J connectivity index is -0.00000162. The van der Waals surface area contributed by atoms with Crippen LogP contribution in [0.4, 0.5) is 0 Å². The number of nitrogens with one attached hydrogen (secondary N) is 1. The number of carbonyl (C=O) groups is 4. The van der Waals surface area contributed by atoms with Gasteiger partial charge in [-0.05, 0) is 19.3 Å². The van der Waals surface area contributed by atoms with Crippen LogP contribution in [-0.4, -0.2) is 41.0 Å². The molecule has 0 aliphatic heterocycles. The monoisotopic (exact) mass is 320 g/mol. The van der Waals surface area contributed by atoms with Crippen molar-refractivity contribution in [2.75, 3.05) is 0 Å². The molecule has 11 heteroatoms. The van der Waals surface area contributed by atoms with Gasteiger partial charge in [-0.3, -0.25) is 9.59 Å². The molecule has 0 saturated heterocycles. The molecule has 0 saturated carbocycles. The summed E-state index contributed by atoms with van der Waals surface area (Å²) in [6.45, 7) is 0. The second-order valence-electron chi connectivity index (χ2n) is 3.83. The fourth-order valence-electron chi connectivity index (χ4n) is 1.20. The zero-order valence-electron chi connectivity index (χ0n) is 12.0. The van der Waals surface area contributed by atoms with E-state index in [0.717, 1.165) is 0 Å². The van der Waals surface area contributed by atoms with Crippen molar-refractivity contribution in [1.82, 2.24) is 5.32 Å². The van der Waals surface area contributed by atoms with Crippen LogP contribution >= 0.6 is 0 Å². The summed E-state index contributed by atoms with van der Waals surface area (Å²) in [6, 6.07) is -2.71. The summed E-state index contributed by atoms with van der Waals surface area (Å²) in [7, 11) is 0. The normalized spacial score (nSPS) is 12.0. The van der Waals surface area contributed by atoms with Crippen LogP contribution < -0.4 is 80.4 Å². The fourth-order valence-corrected chi connectivity index (χ4v) is 1.20. The number of aliphatic carboxylic acids is 3. The summed E-state index contributed by atoms with van der Waals surface area (Å²) >= 11 is 0. The van der Waals surface area contributed by atoms with Gasteiger partial charge in [0.15, 0.2) is 0 Å². The molecule has 0 spiro atoms. The molecule has 0 heterocycles. The maximum atomic E-state index is 11.4. The van der Waals surface area contributed by atoms with Gasteiger partial charge in [0, 0.05) is 12.4 Å². The number of hydrogen-bond acceptors (Lipinski definition) is 7. The molecule has 0 rings (SSSR count). The van der Waals surface area contributed by atoms with E-state index in [1.54, 1.807) is 0 Å². The molecule has 0 fully saturated rings. The summed E-state index contributed by atoms with van der Waals surface area (Å²) in [5.74, 6) is -5.14. The molecule has 21 heavy (non-hydrogen) atoms. The Morgan fingerprint density at radius 1 is 1.05 bits per heavy atom. The summed E-state index contributed by atoms with van der Waals surface area (Å²) in [5, 5.41) is 31.2. The summed E-state index contributed by atoms with van der Waals surface area (Å²) < 4.78 is 0. The third-order valence-corrected chi connectivity index (χ3v) is 2.24. The Bertz CT molecular complexity index is 378. The van der Waals surface area contributed by atoms with Crippen molar-refractivity contribution in [2.24, 2.45) is 5.73 Å². The van der Waals surface area contributed by atoms with Crippen molar-refractivity contribution < 1.29 is 93.6 Å². The first-order chi connectivity index (χ1) is 8.73. The van der Waals surface area contributed by atoms with E-state index >= 15 is 0 Å². The second-order valence-corrected chi connectivity index (χ2v) is 3.83. The number of amides is 1. The second kappa shape index (κ2) is 13.5. The summed E-state index contributed by atoms with van der Waals surface area (Å²) in [6.07, 6.45) is -1.48. The van der Waals surface area contributed by atoms with E-state index in [9.17, 15) is 29.4 Å². The van der Waals surface area contributed by atoms with E-state index in [4.69, 9.17) is 10.8 Å². The first-order valence-corrected chi connectivity index (χ1v) is 5.42. The van der Waals surface area contributed by atoms with E-state index in [-0.39, 0.29) is 72.0 Å². The minimum atomic E-state index is -1.65. The molecule has 4 N–H and O–H groups in total. The predicted molar refractivity (Wildman–Crippen MR) is 56.0 cm³/mol. The number of carbonyl (C=O) groups excluding carboxylic acids is 3. The number of carboxylic acids is 3. The molecular weight excluding hydrogens is 306 g/mol. The average Bonchev–Trinajstić information content (AvgIpc) is 2.30. The van der Waals surface area contributed by atoms with Gasteiger partial charge in [-0.15, -0.1) is 0 Å². The minimum Gasteiger partial charge on any atom is -0.550 e. The van der Waals surface area contributed by atoms with Gasteiger partial charge in [-0.2, -0.15) is 0 Å². The van der Waals surface area contributed by atoms with Crippen LogP contribution in [0.5, 0.6) is 0 Å². The van der Waals surface area contributed by atoms with Crippen LogP contribution in [0.25, 0.3) is 0 Å². The fraction of sp³-hybridized carbons (Fsp3) is 0.600. The first kappa shape index (κ1) is 25.8. The third-order valence-electron chi connectivity index (χ3n) is 2.24. The maximum absolute atomic E-state index is 11.4. The smallest absolute Gasteiger partial charge is 0.550 e. The quantitative estimate of drug-likeness (QED) is 0.351. The van der Waals surface area contributed by atoms with Gasteiger partial charge in [0.1, 0.15) is 0 Å². The predicted octanol–water partition coefficient (Wildman–Crippen LogP) is -10.0. The van der Waals surface area contributed by atoms with Gasteiger partial charge in [-0.25, -0.2) is 0 Å². The molecule has 1 amide bonds. The van der Waals surface area contributed by atoms with Crippen LogP contribution in [0, 0.1) is 0 Å². The minimum absolute atomic E-state index is 0. The zero-order chi connectivity index (χ0) is 15.0. The molecule has 0 radical (unpaired) electrons. The molecule has 0 bridgehead atoms. The van der Waals surface area contributed by atoms with E-state index < -0.39 is 48.7 Å². The van der Waals surface area contributed by atoms with Crippen molar-refractivity contribution in [3.63, 3.8) is 0 Å². The summed E-state index contributed by atoms with van der Waals surface area (Å²) in [4.78, 5) is 42.6. The molecule has 108 valence electrons. The number of nitrogens with two attached hydrogens (primary N) is 1. The standard InChI is InChI=1S/C10H16N2O7.2Na/c11-5(1-3-7(13)14)9(17)12-6(10(18)19)2-4-8(15)16;;/h5-6H,1-4,11H2,(H,12,17)(H,13,14)(H,15,16)(H,18,19);;/q;2*+1/p-2/t5-,6-;;/m0../s1. The largest absolute Gasteiger partial charge is 1.00 e. The van der Waals surface area contributed by atoms with Crippen molar-refractivity contribution >= 4 is 23.8 Å². The Kier molecular flexibility index (Phi) is 16.6. The maximum Gasteiger partial charge on any atom is 1.00 e. The summed E-state index contributed by atoms with van der Waals surface area (Å²) in [5.41, 5.74) is 5.35. The molecule has 0 unspecified atom stereocenters. The molecule has 2 atom stereocenters. The van der Waals surface area contributed by atoms with Gasteiger partial charge >= 0.3 is 65.1 Å². The van der Waals surface area contributed by atoms with E-state index in [1.807, 2.05) is 5.32 Å². The number of hydrogen-bond donors (Lipinski definition) is 3. The Hall–Kier alpha value is -0.160. The number of carboxylic acid groups (broad SMARTS) is 3. The van der Waals surface area contributed by atoms with Crippen LogP contribution in [0.1, 0.15) is 25.7 Å².